The molecule has 0 radical (unpaired) electrons. The number of hydrogen-bond donors (Lipinski definition) is 2. The number of benzene rings is 1. The first kappa shape index (κ1) is 13.9. The second-order valence-corrected chi connectivity index (χ2v) is 4.59. The molecule has 0 saturated carbocycles. The first-order chi connectivity index (χ1) is 9.08. The van der Waals surface area contributed by atoms with E-state index in [4.69, 9.17) is 0 Å². The molecule has 1 aromatic rings. The lowest BCUT2D eigenvalue weighted by Crippen LogP contribution is -2.38. The number of carbonyl (C=O) groups excluding carboxylic acids is 1. The molecule has 0 spiro atoms. The minimum Gasteiger partial charge on any atom is -0.352 e. The van der Waals surface area contributed by atoms with Crippen LogP contribution in [-0.4, -0.2) is 19.0 Å². The summed E-state index contributed by atoms with van der Waals surface area (Å²) in [5, 5.41) is 5.63. The minimum absolute atomic E-state index is 0.132. The van der Waals surface area contributed by atoms with Crippen molar-refractivity contribution in [3.8, 4) is 0 Å². The van der Waals surface area contributed by atoms with E-state index in [2.05, 4.69) is 10.6 Å². The van der Waals surface area contributed by atoms with Crippen molar-refractivity contribution >= 4 is 5.91 Å². The van der Waals surface area contributed by atoms with Crippen molar-refractivity contribution in [3.05, 3.63) is 35.1 Å². The highest BCUT2D eigenvalue weighted by Crippen LogP contribution is 2.16. The highest BCUT2D eigenvalue weighted by Gasteiger charge is 2.21. The highest BCUT2D eigenvalue weighted by molar-refractivity contribution is 5.78. The molecular weight excluding hydrogens is 257 g/mol. The third-order valence-electron chi connectivity index (χ3n) is 3.26. The lowest BCUT2D eigenvalue weighted by Gasteiger charge is -2.21. The molecule has 0 aromatic heterocycles. The Labute approximate surface area is 109 Å². The molecule has 19 heavy (non-hydrogen) atoms. The predicted octanol–water partition coefficient (Wildman–Crippen LogP) is 1.72. The summed E-state index contributed by atoms with van der Waals surface area (Å²) in [6, 6.07) is 1.21. The fraction of sp³-hybridized carbons (Fsp3) is 0.462. The summed E-state index contributed by atoms with van der Waals surface area (Å²) in [5.41, 5.74) is -0.316. The van der Waals surface area contributed by atoms with E-state index in [9.17, 15) is 18.0 Å². The van der Waals surface area contributed by atoms with Crippen molar-refractivity contribution in [3.63, 3.8) is 0 Å². The lowest BCUT2D eigenvalue weighted by molar-refractivity contribution is -0.125. The van der Waals surface area contributed by atoms with Crippen molar-refractivity contribution in [2.45, 2.75) is 19.4 Å². The van der Waals surface area contributed by atoms with Crippen molar-refractivity contribution in [1.82, 2.24) is 10.6 Å². The Morgan fingerprint density at radius 3 is 2.37 bits per heavy atom. The van der Waals surface area contributed by atoms with E-state index in [-0.39, 0.29) is 23.9 Å². The number of rotatable bonds is 3. The predicted molar refractivity (Wildman–Crippen MR) is 63.8 cm³/mol. The maximum absolute atomic E-state index is 13.4. The van der Waals surface area contributed by atoms with Gasteiger partial charge < -0.3 is 10.6 Å². The summed E-state index contributed by atoms with van der Waals surface area (Å²) in [5.74, 6) is -3.29. The van der Waals surface area contributed by atoms with Gasteiger partial charge >= 0.3 is 0 Å². The van der Waals surface area contributed by atoms with Crippen LogP contribution in [-0.2, 0) is 11.3 Å². The van der Waals surface area contributed by atoms with Gasteiger partial charge in [0.15, 0.2) is 0 Å². The average molecular weight is 272 g/mol. The molecule has 3 nitrogen and oxygen atoms in total. The fourth-order valence-corrected chi connectivity index (χ4v) is 2.14. The topological polar surface area (TPSA) is 41.1 Å². The van der Waals surface area contributed by atoms with Gasteiger partial charge in [-0.1, -0.05) is 0 Å². The zero-order valence-electron chi connectivity index (χ0n) is 10.3. The Hall–Kier alpha value is -1.56. The third kappa shape index (κ3) is 3.47. The van der Waals surface area contributed by atoms with Crippen LogP contribution >= 0.6 is 0 Å². The molecule has 6 heteroatoms. The largest absolute Gasteiger partial charge is 0.352 e. The molecule has 1 aromatic carbocycles. The number of carbonyl (C=O) groups is 1. The average Bonchev–Trinajstić information content (AvgIpc) is 2.38. The number of halogens is 3. The zero-order chi connectivity index (χ0) is 13.8. The molecular formula is C13H15F3N2O. The van der Waals surface area contributed by atoms with E-state index >= 15 is 0 Å². The maximum atomic E-state index is 13.4. The van der Waals surface area contributed by atoms with Gasteiger partial charge in [-0.3, -0.25) is 4.79 Å². The Morgan fingerprint density at radius 1 is 1.21 bits per heavy atom. The van der Waals surface area contributed by atoms with Crippen LogP contribution < -0.4 is 10.6 Å². The Kier molecular flexibility index (Phi) is 4.42. The molecule has 1 heterocycles. The number of nitrogens with one attached hydrogen (secondary N) is 2. The second-order valence-electron chi connectivity index (χ2n) is 4.59. The second kappa shape index (κ2) is 6.06. The highest BCUT2D eigenvalue weighted by atomic mass is 19.1. The fourth-order valence-electron chi connectivity index (χ4n) is 2.14. The van der Waals surface area contributed by atoms with Crippen LogP contribution in [0.1, 0.15) is 18.4 Å². The van der Waals surface area contributed by atoms with Crippen molar-refractivity contribution in [2.75, 3.05) is 13.1 Å². The summed E-state index contributed by atoms with van der Waals surface area (Å²) >= 11 is 0. The molecule has 1 amide bonds. The van der Waals surface area contributed by atoms with Gasteiger partial charge in [0.2, 0.25) is 5.91 Å². The molecule has 2 rings (SSSR count). The molecule has 2 N–H and O–H groups in total. The molecule has 0 bridgehead atoms. The van der Waals surface area contributed by atoms with E-state index in [0.29, 0.717) is 25.0 Å². The molecule has 0 atom stereocenters. The number of hydrogen-bond acceptors (Lipinski definition) is 2. The first-order valence-electron chi connectivity index (χ1n) is 6.20. The van der Waals surface area contributed by atoms with Crippen LogP contribution in [0.15, 0.2) is 12.1 Å². The molecule has 1 aliphatic rings. The number of amides is 1. The van der Waals surface area contributed by atoms with Crippen LogP contribution in [0.3, 0.4) is 0 Å². The van der Waals surface area contributed by atoms with E-state index in [1.54, 1.807) is 0 Å². The van der Waals surface area contributed by atoms with Gasteiger partial charge in [-0.05, 0) is 25.9 Å². The summed E-state index contributed by atoms with van der Waals surface area (Å²) in [6.45, 7) is 1.26. The van der Waals surface area contributed by atoms with Crippen molar-refractivity contribution < 1.29 is 18.0 Å². The van der Waals surface area contributed by atoms with Crippen LogP contribution in [0, 0.1) is 23.4 Å². The van der Waals surface area contributed by atoms with Gasteiger partial charge in [-0.25, -0.2) is 13.2 Å². The Balaban J connectivity index is 1.96. The van der Waals surface area contributed by atoms with Gasteiger partial charge in [0.05, 0.1) is 0 Å². The van der Waals surface area contributed by atoms with E-state index in [1.165, 1.54) is 0 Å². The summed E-state index contributed by atoms with van der Waals surface area (Å²) < 4.78 is 39.4. The molecule has 1 aliphatic heterocycles. The summed E-state index contributed by atoms with van der Waals surface area (Å²) in [4.78, 5) is 11.8. The smallest absolute Gasteiger partial charge is 0.223 e. The number of piperidine rings is 1. The van der Waals surface area contributed by atoms with Gasteiger partial charge in [-0.2, -0.15) is 0 Å². The monoisotopic (exact) mass is 272 g/mol. The van der Waals surface area contributed by atoms with Crippen LogP contribution in [0.4, 0.5) is 13.2 Å². The van der Waals surface area contributed by atoms with Gasteiger partial charge in [0.25, 0.3) is 0 Å². The molecule has 1 fully saturated rings. The lowest BCUT2D eigenvalue weighted by atomic mass is 9.97. The molecule has 1 saturated heterocycles. The van der Waals surface area contributed by atoms with Gasteiger partial charge in [0.1, 0.15) is 17.5 Å². The van der Waals surface area contributed by atoms with Gasteiger partial charge in [-0.15, -0.1) is 0 Å². The minimum atomic E-state index is -0.983. The van der Waals surface area contributed by atoms with Crippen LogP contribution in [0.2, 0.25) is 0 Å². The Bertz CT molecular complexity index is 450. The van der Waals surface area contributed by atoms with Crippen LogP contribution in [0.25, 0.3) is 0 Å². The van der Waals surface area contributed by atoms with E-state index < -0.39 is 17.5 Å². The molecule has 0 aliphatic carbocycles. The van der Waals surface area contributed by atoms with E-state index in [0.717, 1.165) is 13.1 Å². The van der Waals surface area contributed by atoms with Crippen LogP contribution in [0.5, 0.6) is 0 Å². The normalized spacial score (nSPS) is 16.4. The van der Waals surface area contributed by atoms with Gasteiger partial charge in [0, 0.05) is 30.2 Å². The summed E-state index contributed by atoms with van der Waals surface area (Å²) in [6.07, 6.45) is 1.42. The standard InChI is InChI=1S/C13H15F3N2O/c14-9-5-11(15)10(12(16)6-9)7-18-13(19)8-1-3-17-4-2-8/h5-6,8,17H,1-4,7H2,(H,18,19). The first-order valence-corrected chi connectivity index (χ1v) is 6.20. The summed E-state index contributed by atoms with van der Waals surface area (Å²) in [7, 11) is 0. The van der Waals surface area contributed by atoms with Crippen molar-refractivity contribution in [2.24, 2.45) is 5.92 Å². The molecule has 104 valence electrons. The molecule has 0 unspecified atom stereocenters. The van der Waals surface area contributed by atoms with E-state index in [1.807, 2.05) is 0 Å². The Morgan fingerprint density at radius 2 is 1.79 bits per heavy atom. The van der Waals surface area contributed by atoms with Crippen molar-refractivity contribution in [1.29, 1.82) is 0 Å². The SMILES string of the molecule is O=C(NCc1c(F)cc(F)cc1F)C1CCNCC1. The zero-order valence-corrected chi connectivity index (χ0v) is 10.3. The third-order valence-corrected chi connectivity index (χ3v) is 3.26. The quantitative estimate of drug-likeness (QED) is 0.879. The maximum Gasteiger partial charge on any atom is 0.223 e.